The van der Waals surface area contributed by atoms with E-state index in [-0.39, 0.29) is 24.7 Å². The average Bonchev–Trinajstić information content (AvgIpc) is 2.60. The minimum Gasteiger partial charge on any atom is -0.493 e. The normalized spacial score (nSPS) is 11.7. The molecule has 1 unspecified atom stereocenters. The Labute approximate surface area is 140 Å². The van der Waals surface area contributed by atoms with Crippen molar-refractivity contribution in [2.75, 3.05) is 14.2 Å². The fourth-order valence-corrected chi connectivity index (χ4v) is 2.35. The Balaban J connectivity index is 2.00. The smallest absolute Gasteiger partial charge is 0.182 e. The van der Waals surface area contributed by atoms with Crippen LogP contribution in [0.15, 0.2) is 42.5 Å². The molecule has 2 aromatic rings. The standard InChI is InChI=1S/C18H21FN2O3/c1-22-16-9-5-7-13(18(16)23-2)15(20)10-17(21)24-11-12-6-3-4-8-14(12)19/h3-9,15,21H,10-11,20H2,1-2H3. The van der Waals surface area contributed by atoms with Crippen molar-refractivity contribution in [2.45, 2.75) is 19.1 Å². The van der Waals surface area contributed by atoms with Gasteiger partial charge in [0.15, 0.2) is 17.4 Å². The second kappa shape index (κ2) is 8.31. The lowest BCUT2D eigenvalue weighted by Crippen LogP contribution is -2.18. The largest absolute Gasteiger partial charge is 0.493 e. The molecule has 0 saturated heterocycles. The highest BCUT2D eigenvalue weighted by Crippen LogP contribution is 2.34. The van der Waals surface area contributed by atoms with Crippen LogP contribution in [0.2, 0.25) is 0 Å². The number of para-hydroxylation sites is 1. The maximum atomic E-state index is 13.5. The Kier molecular flexibility index (Phi) is 6.14. The highest BCUT2D eigenvalue weighted by molar-refractivity contribution is 5.73. The predicted octanol–water partition coefficient (Wildman–Crippen LogP) is 3.43. The summed E-state index contributed by atoms with van der Waals surface area (Å²) in [5.41, 5.74) is 7.28. The van der Waals surface area contributed by atoms with E-state index in [1.165, 1.54) is 13.2 Å². The molecule has 24 heavy (non-hydrogen) atoms. The van der Waals surface area contributed by atoms with Gasteiger partial charge in [0.05, 0.1) is 14.2 Å². The van der Waals surface area contributed by atoms with Crippen LogP contribution in [0, 0.1) is 11.2 Å². The maximum absolute atomic E-state index is 13.5. The summed E-state index contributed by atoms with van der Waals surface area (Å²) in [6.07, 6.45) is 0.165. The molecule has 0 heterocycles. The third-order valence-electron chi connectivity index (χ3n) is 3.60. The van der Waals surface area contributed by atoms with Crippen LogP contribution in [0.4, 0.5) is 4.39 Å². The van der Waals surface area contributed by atoms with Crippen molar-refractivity contribution in [3.63, 3.8) is 0 Å². The van der Waals surface area contributed by atoms with Crippen LogP contribution in [-0.4, -0.2) is 20.1 Å². The monoisotopic (exact) mass is 332 g/mol. The van der Waals surface area contributed by atoms with E-state index < -0.39 is 6.04 Å². The predicted molar refractivity (Wildman–Crippen MR) is 90.0 cm³/mol. The van der Waals surface area contributed by atoms with Crippen LogP contribution < -0.4 is 15.2 Å². The fourth-order valence-electron chi connectivity index (χ4n) is 2.35. The molecule has 0 aromatic heterocycles. The Morgan fingerprint density at radius 2 is 1.88 bits per heavy atom. The number of hydrogen-bond donors (Lipinski definition) is 2. The van der Waals surface area contributed by atoms with E-state index in [4.69, 9.17) is 25.4 Å². The number of ether oxygens (including phenoxy) is 3. The SMILES string of the molecule is COc1cccc(C(N)CC(=N)OCc2ccccc2F)c1OC. The molecule has 0 fully saturated rings. The minimum atomic E-state index is -0.497. The molecule has 5 nitrogen and oxygen atoms in total. The third kappa shape index (κ3) is 4.23. The molecule has 6 heteroatoms. The Morgan fingerprint density at radius 3 is 2.54 bits per heavy atom. The molecule has 0 aliphatic rings. The summed E-state index contributed by atoms with van der Waals surface area (Å²) in [4.78, 5) is 0. The van der Waals surface area contributed by atoms with Crippen molar-refractivity contribution in [3.8, 4) is 11.5 Å². The maximum Gasteiger partial charge on any atom is 0.182 e. The molecule has 0 bridgehead atoms. The minimum absolute atomic E-state index is 0.00648. The molecule has 128 valence electrons. The summed E-state index contributed by atoms with van der Waals surface area (Å²) in [6.45, 7) is -0.00648. The zero-order chi connectivity index (χ0) is 17.5. The first-order chi connectivity index (χ1) is 11.6. The molecule has 3 N–H and O–H groups in total. The molecule has 0 aliphatic heterocycles. The first-order valence-corrected chi connectivity index (χ1v) is 7.47. The zero-order valence-electron chi connectivity index (χ0n) is 13.7. The third-order valence-corrected chi connectivity index (χ3v) is 3.60. The Morgan fingerprint density at radius 1 is 1.12 bits per heavy atom. The fraction of sp³-hybridized carbons (Fsp3) is 0.278. The molecular weight excluding hydrogens is 311 g/mol. The number of nitrogens with two attached hydrogens (primary N) is 1. The number of rotatable bonds is 7. The number of nitrogens with one attached hydrogen (secondary N) is 1. The van der Waals surface area contributed by atoms with Crippen LogP contribution in [0.1, 0.15) is 23.6 Å². The number of hydrogen-bond acceptors (Lipinski definition) is 5. The van der Waals surface area contributed by atoms with Crippen LogP contribution in [-0.2, 0) is 11.3 Å². The van der Waals surface area contributed by atoms with Crippen molar-refractivity contribution >= 4 is 5.90 Å². The van der Waals surface area contributed by atoms with Crippen molar-refractivity contribution in [2.24, 2.45) is 5.73 Å². The van der Waals surface area contributed by atoms with Gasteiger partial charge in [-0.3, -0.25) is 5.41 Å². The summed E-state index contributed by atoms with van der Waals surface area (Å²) >= 11 is 0. The van der Waals surface area contributed by atoms with Crippen LogP contribution in [0.5, 0.6) is 11.5 Å². The Hall–Kier alpha value is -2.60. The van der Waals surface area contributed by atoms with Gasteiger partial charge in [-0.25, -0.2) is 4.39 Å². The van der Waals surface area contributed by atoms with Crippen molar-refractivity contribution in [3.05, 3.63) is 59.4 Å². The lowest BCUT2D eigenvalue weighted by molar-refractivity contribution is 0.271. The van der Waals surface area contributed by atoms with Gasteiger partial charge in [-0.2, -0.15) is 0 Å². The topological polar surface area (TPSA) is 77.6 Å². The van der Waals surface area contributed by atoms with E-state index in [0.717, 1.165) is 5.56 Å². The van der Waals surface area contributed by atoms with Gasteiger partial charge in [0.2, 0.25) is 0 Å². The molecule has 0 saturated carbocycles. The average molecular weight is 332 g/mol. The van der Waals surface area contributed by atoms with Gasteiger partial charge in [0, 0.05) is 23.6 Å². The molecule has 2 rings (SSSR count). The van der Waals surface area contributed by atoms with Crippen molar-refractivity contribution < 1.29 is 18.6 Å². The van der Waals surface area contributed by atoms with Gasteiger partial charge in [0.25, 0.3) is 0 Å². The molecule has 0 spiro atoms. The van der Waals surface area contributed by atoms with Gasteiger partial charge in [0.1, 0.15) is 12.4 Å². The molecule has 2 aromatic carbocycles. The number of benzene rings is 2. The van der Waals surface area contributed by atoms with Crippen LogP contribution in [0.3, 0.4) is 0 Å². The molecule has 0 amide bonds. The lowest BCUT2D eigenvalue weighted by Gasteiger charge is -2.18. The van der Waals surface area contributed by atoms with Gasteiger partial charge in [-0.15, -0.1) is 0 Å². The van der Waals surface area contributed by atoms with E-state index >= 15 is 0 Å². The molecule has 0 aliphatic carbocycles. The van der Waals surface area contributed by atoms with E-state index in [1.54, 1.807) is 37.4 Å². The summed E-state index contributed by atoms with van der Waals surface area (Å²) < 4.78 is 29.5. The van der Waals surface area contributed by atoms with E-state index in [9.17, 15) is 4.39 Å². The number of halogens is 1. The first-order valence-electron chi connectivity index (χ1n) is 7.47. The van der Waals surface area contributed by atoms with Crippen LogP contribution in [0.25, 0.3) is 0 Å². The lowest BCUT2D eigenvalue weighted by atomic mass is 10.0. The quantitative estimate of drug-likeness (QED) is 0.601. The van der Waals surface area contributed by atoms with Gasteiger partial charge < -0.3 is 19.9 Å². The van der Waals surface area contributed by atoms with Crippen molar-refractivity contribution in [1.29, 1.82) is 5.41 Å². The molecular formula is C18H21FN2O3. The summed E-state index contributed by atoms with van der Waals surface area (Å²) in [5.74, 6) is 0.735. The Bertz CT molecular complexity index is 706. The van der Waals surface area contributed by atoms with Gasteiger partial charge in [-0.05, 0) is 12.1 Å². The van der Waals surface area contributed by atoms with Crippen LogP contribution >= 0.6 is 0 Å². The first kappa shape index (κ1) is 17.7. The second-order valence-electron chi connectivity index (χ2n) is 5.20. The molecule has 0 radical (unpaired) electrons. The summed E-state index contributed by atoms with van der Waals surface area (Å²) in [6, 6.07) is 11.2. The van der Waals surface area contributed by atoms with E-state index in [0.29, 0.717) is 17.1 Å². The zero-order valence-corrected chi connectivity index (χ0v) is 13.7. The van der Waals surface area contributed by atoms with Crippen molar-refractivity contribution in [1.82, 2.24) is 0 Å². The number of methoxy groups -OCH3 is 2. The molecule has 1 atom stereocenters. The highest BCUT2D eigenvalue weighted by atomic mass is 19.1. The summed E-state index contributed by atoms with van der Waals surface area (Å²) in [7, 11) is 3.08. The van der Waals surface area contributed by atoms with Gasteiger partial charge in [-0.1, -0.05) is 30.3 Å². The second-order valence-corrected chi connectivity index (χ2v) is 5.20. The van der Waals surface area contributed by atoms with Gasteiger partial charge >= 0.3 is 0 Å². The van der Waals surface area contributed by atoms with E-state index in [1.807, 2.05) is 6.07 Å². The van der Waals surface area contributed by atoms with E-state index in [2.05, 4.69) is 0 Å². The summed E-state index contributed by atoms with van der Waals surface area (Å²) in [5, 5.41) is 7.92. The highest BCUT2D eigenvalue weighted by Gasteiger charge is 2.18.